The molecule has 2 aromatic heterocycles. The average molecular weight is 434 g/mol. The quantitative estimate of drug-likeness (QED) is 0.679. The number of carbonyl (C=O) groups excluding carboxylic acids is 1. The van der Waals surface area contributed by atoms with Gasteiger partial charge in [0.1, 0.15) is 16.6 Å². The Labute approximate surface area is 183 Å². The molecule has 2 fully saturated rings. The van der Waals surface area contributed by atoms with Crippen molar-refractivity contribution in [3.63, 3.8) is 0 Å². The maximum Gasteiger partial charge on any atom is 0.410 e. The van der Waals surface area contributed by atoms with Gasteiger partial charge in [-0.1, -0.05) is 25.4 Å². The van der Waals surface area contributed by atoms with Crippen molar-refractivity contribution in [2.24, 2.45) is 5.92 Å². The van der Waals surface area contributed by atoms with E-state index in [0.29, 0.717) is 17.0 Å². The predicted molar refractivity (Wildman–Crippen MR) is 118 cm³/mol. The van der Waals surface area contributed by atoms with E-state index in [1.807, 2.05) is 42.4 Å². The Kier molecular flexibility index (Phi) is 5.60. The van der Waals surface area contributed by atoms with Crippen molar-refractivity contribution in [3.05, 3.63) is 23.0 Å². The van der Waals surface area contributed by atoms with Crippen LogP contribution in [0.2, 0.25) is 5.15 Å². The first-order valence-electron chi connectivity index (χ1n) is 10.9. The van der Waals surface area contributed by atoms with Gasteiger partial charge in [-0.2, -0.15) is 9.61 Å². The molecule has 1 N–H and O–H groups in total. The van der Waals surface area contributed by atoms with Crippen molar-refractivity contribution in [1.29, 1.82) is 0 Å². The summed E-state index contributed by atoms with van der Waals surface area (Å²) in [6.07, 6.45) is 5.79. The molecule has 1 amide bonds. The molecule has 0 spiro atoms. The minimum absolute atomic E-state index is 0.165. The number of nitrogens with zero attached hydrogens (tertiary/aromatic N) is 4. The van der Waals surface area contributed by atoms with Gasteiger partial charge in [0.05, 0.1) is 6.20 Å². The van der Waals surface area contributed by atoms with Crippen molar-refractivity contribution < 1.29 is 9.53 Å². The smallest absolute Gasteiger partial charge is 0.410 e. The Balaban J connectivity index is 1.44. The zero-order valence-corrected chi connectivity index (χ0v) is 19.2. The Morgan fingerprint density at radius 3 is 2.57 bits per heavy atom. The molecule has 0 aliphatic carbocycles. The molecule has 2 aliphatic rings. The molecular weight excluding hydrogens is 402 g/mol. The fourth-order valence-corrected chi connectivity index (χ4v) is 4.98. The van der Waals surface area contributed by atoms with Gasteiger partial charge in [0.15, 0.2) is 5.65 Å². The summed E-state index contributed by atoms with van der Waals surface area (Å²) >= 11 is 6.29. The second-order valence-electron chi connectivity index (χ2n) is 9.95. The number of anilines is 1. The van der Waals surface area contributed by atoms with E-state index in [4.69, 9.17) is 16.3 Å². The van der Waals surface area contributed by atoms with Crippen molar-refractivity contribution >= 4 is 29.2 Å². The topological polar surface area (TPSA) is 71.8 Å². The molecule has 2 aliphatic heterocycles. The zero-order chi connectivity index (χ0) is 21.6. The summed E-state index contributed by atoms with van der Waals surface area (Å²) < 4.78 is 7.48. The molecule has 2 unspecified atom stereocenters. The van der Waals surface area contributed by atoms with E-state index in [-0.39, 0.29) is 18.2 Å². The molecule has 4 heterocycles. The second kappa shape index (κ2) is 7.91. The first-order chi connectivity index (χ1) is 14.1. The lowest BCUT2D eigenvalue weighted by Gasteiger charge is -2.39. The summed E-state index contributed by atoms with van der Waals surface area (Å²) in [5.74, 6) is 1.68. The van der Waals surface area contributed by atoms with E-state index < -0.39 is 5.60 Å². The van der Waals surface area contributed by atoms with Gasteiger partial charge < -0.3 is 15.0 Å². The maximum atomic E-state index is 12.7. The Morgan fingerprint density at radius 2 is 1.97 bits per heavy atom. The normalized spacial score (nSPS) is 24.0. The summed E-state index contributed by atoms with van der Waals surface area (Å²) in [6.45, 7) is 10.8. The summed E-state index contributed by atoms with van der Waals surface area (Å²) in [5.41, 5.74) is 1.43. The maximum absolute atomic E-state index is 12.7. The highest BCUT2D eigenvalue weighted by Crippen LogP contribution is 2.39. The number of nitrogens with one attached hydrogen (secondary N) is 1. The Morgan fingerprint density at radius 1 is 1.30 bits per heavy atom. The van der Waals surface area contributed by atoms with Gasteiger partial charge in [-0.25, -0.2) is 9.78 Å². The number of piperidine rings is 1. The summed E-state index contributed by atoms with van der Waals surface area (Å²) in [7, 11) is 0. The van der Waals surface area contributed by atoms with Crippen LogP contribution < -0.4 is 5.32 Å². The van der Waals surface area contributed by atoms with Crippen molar-refractivity contribution in [1.82, 2.24) is 19.5 Å². The van der Waals surface area contributed by atoms with Crippen molar-refractivity contribution in [3.8, 4) is 0 Å². The molecule has 0 radical (unpaired) electrons. The predicted octanol–water partition coefficient (Wildman–Crippen LogP) is 5.10. The molecular formula is C22H32ClN5O2. The molecule has 30 heavy (non-hydrogen) atoms. The van der Waals surface area contributed by atoms with E-state index in [2.05, 4.69) is 29.2 Å². The number of hydrogen-bond donors (Lipinski definition) is 1. The molecule has 7 nitrogen and oxygen atoms in total. The lowest BCUT2D eigenvalue weighted by Crippen LogP contribution is -2.49. The average Bonchev–Trinajstić information content (AvgIpc) is 3.17. The molecule has 164 valence electrons. The fourth-order valence-electron chi connectivity index (χ4n) is 4.80. The Hall–Kier alpha value is -2.02. The lowest BCUT2D eigenvalue weighted by molar-refractivity contribution is 0.00283. The van der Waals surface area contributed by atoms with Crippen LogP contribution in [0.4, 0.5) is 10.6 Å². The summed E-state index contributed by atoms with van der Waals surface area (Å²) in [6, 6.07) is 2.36. The van der Waals surface area contributed by atoms with Crippen LogP contribution in [0.15, 0.2) is 12.3 Å². The van der Waals surface area contributed by atoms with Crippen LogP contribution >= 0.6 is 11.6 Å². The highest BCUT2D eigenvalue weighted by Gasteiger charge is 2.44. The molecule has 4 rings (SSSR count). The lowest BCUT2D eigenvalue weighted by atomic mass is 9.91. The molecule has 2 bridgehead atoms. The summed E-state index contributed by atoms with van der Waals surface area (Å²) in [5, 5.41) is 8.53. The van der Waals surface area contributed by atoms with Gasteiger partial charge >= 0.3 is 6.09 Å². The third-order valence-electron chi connectivity index (χ3n) is 6.10. The molecule has 0 saturated carbocycles. The zero-order valence-electron chi connectivity index (χ0n) is 18.5. The van der Waals surface area contributed by atoms with Gasteiger partial charge in [-0.3, -0.25) is 0 Å². The van der Waals surface area contributed by atoms with Gasteiger partial charge in [-0.05, 0) is 58.3 Å². The molecule has 2 aromatic rings. The van der Waals surface area contributed by atoms with Crippen molar-refractivity contribution in [2.45, 2.75) is 83.9 Å². The van der Waals surface area contributed by atoms with Crippen molar-refractivity contribution in [2.75, 3.05) is 11.9 Å². The van der Waals surface area contributed by atoms with Crippen LogP contribution in [0, 0.1) is 5.92 Å². The van der Waals surface area contributed by atoms with Crippen LogP contribution in [0.1, 0.15) is 71.8 Å². The van der Waals surface area contributed by atoms with Gasteiger partial charge in [-0.15, -0.1) is 0 Å². The summed E-state index contributed by atoms with van der Waals surface area (Å²) in [4.78, 5) is 19.1. The molecule has 2 atom stereocenters. The molecule has 0 aromatic carbocycles. The minimum atomic E-state index is -0.459. The fraction of sp³-hybridized carbons (Fsp3) is 0.682. The monoisotopic (exact) mass is 433 g/mol. The standard InChI is InChI=1S/C22H32ClN5O2/c1-13(2)17-12-25-28-19(10-18(23)26-20(17)28)24-11-14-8-15-6-7-16(9-14)27(15)21(29)30-22(3,4)5/h10,12-16,24H,6-9,11H2,1-5H3. The molecule has 8 heteroatoms. The van der Waals surface area contributed by atoms with Gasteiger partial charge in [0, 0.05) is 30.3 Å². The van der Waals surface area contributed by atoms with E-state index >= 15 is 0 Å². The van der Waals surface area contributed by atoms with Crippen LogP contribution in [-0.2, 0) is 4.74 Å². The first kappa shape index (κ1) is 21.2. The van der Waals surface area contributed by atoms with E-state index in [0.717, 1.165) is 49.3 Å². The van der Waals surface area contributed by atoms with Gasteiger partial charge in [0.2, 0.25) is 0 Å². The number of hydrogen-bond acceptors (Lipinski definition) is 5. The highest BCUT2D eigenvalue weighted by molar-refractivity contribution is 6.29. The second-order valence-corrected chi connectivity index (χ2v) is 10.3. The third kappa shape index (κ3) is 4.22. The number of ether oxygens (including phenoxy) is 1. The van der Waals surface area contributed by atoms with Crippen LogP contribution in [0.25, 0.3) is 5.65 Å². The number of aromatic nitrogens is 3. The molecule has 2 saturated heterocycles. The minimum Gasteiger partial charge on any atom is -0.444 e. The first-order valence-corrected chi connectivity index (χ1v) is 11.3. The SMILES string of the molecule is CC(C)c1cnn2c(NCC3CC4CCC(C3)N4C(=O)OC(C)(C)C)cc(Cl)nc12. The van der Waals surface area contributed by atoms with Crippen LogP contribution in [0.3, 0.4) is 0 Å². The highest BCUT2D eigenvalue weighted by atomic mass is 35.5. The Bertz CT molecular complexity index is 921. The number of carbonyl (C=O) groups is 1. The van der Waals surface area contributed by atoms with E-state index in [9.17, 15) is 4.79 Å². The van der Waals surface area contributed by atoms with Gasteiger partial charge in [0.25, 0.3) is 0 Å². The van der Waals surface area contributed by atoms with Crippen LogP contribution in [0.5, 0.6) is 0 Å². The number of halogens is 1. The third-order valence-corrected chi connectivity index (χ3v) is 6.29. The van der Waals surface area contributed by atoms with Crippen LogP contribution in [-0.4, -0.2) is 49.8 Å². The number of rotatable bonds is 4. The van der Waals surface area contributed by atoms with E-state index in [1.54, 1.807) is 0 Å². The largest absolute Gasteiger partial charge is 0.444 e. The number of fused-ring (bicyclic) bond motifs is 3. The number of amides is 1. The van der Waals surface area contributed by atoms with E-state index in [1.165, 1.54) is 0 Å².